The number of hydrogen-bond acceptors (Lipinski definition) is 1. The average Bonchev–Trinajstić information content (AvgIpc) is 2.64. The lowest BCUT2D eigenvalue weighted by atomic mass is 10.0. The summed E-state index contributed by atoms with van der Waals surface area (Å²) in [5, 5.41) is 0. The maximum atomic E-state index is 5.63. The molecule has 1 rings (SSSR count). The fraction of sp³-hybridized carbons (Fsp3) is 0.778. The lowest BCUT2D eigenvalue weighted by Crippen LogP contribution is -2.14. The molecular formula is C9H17N. The van der Waals surface area contributed by atoms with Crippen molar-refractivity contribution in [1.29, 1.82) is 0 Å². The van der Waals surface area contributed by atoms with Crippen molar-refractivity contribution in [2.75, 3.05) is 6.54 Å². The molecule has 0 unspecified atom stereocenters. The molecule has 0 amide bonds. The van der Waals surface area contributed by atoms with Gasteiger partial charge in [0.2, 0.25) is 0 Å². The Morgan fingerprint density at radius 1 is 1.50 bits per heavy atom. The molecule has 1 aliphatic rings. The van der Waals surface area contributed by atoms with Crippen LogP contribution >= 0.6 is 0 Å². The smallest absolute Gasteiger partial charge is 0.00176 e. The van der Waals surface area contributed by atoms with Crippen molar-refractivity contribution in [3.8, 4) is 0 Å². The minimum atomic E-state index is 0.525. The standard InChI is InChI=1S/C9H17N/c1-8(2)3-4-9(7-10)5-6-9/h3H,4-7,10H2,1-2H3. The van der Waals surface area contributed by atoms with E-state index < -0.39 is 0 Å². The van der Waals surface area contributed by atoms with Gasteiger partial charge in [-0.25, -0.2) is 0 Å². The molecule has 1 aliphatic carbocycles. The van der Waals surface area contributed by atoms with Crippen LogP contribution in [0.5, 0.6) is 0 Å². The summed E-state index contributed by atoms with van der Waals surface area (Å²) in [5.74, 6) is 0. The lowest BCUT2D eigenvalue weighted by Gasteiger charge is -2.07. The first-order chi connectivity index (χ1) is 4.68. The molecule has 0 aromatic rings. The van der Waals surface area contributed by atoms with Crippen LogP contribution in [0.3, 0.4) is 0 Å². The lowest BCUT2D eigenvalue weighted by molar-refractivity contribution is 0.531. The summed E-state index contributed by atoms with van der Waals surface area (Å²) in [6.07, 6.45) is 6.19. The minimum Gasteiger partial charge on any atom is -0.330 e. The second-order valence-electron chi connectivity index (χ2n) is 3.69. The topological polar surface area (TPSA) is 26.0 Å². The summed E-state index contributed by atoms with van der Waals surface area (Å²) >= 11 is 0. The Labute approximate surface area is 63.3 Å². The first kappa shape index (κ1) is 7.80. The molecule has 58 valence electrons. The molecule has 0 bridgehead atoms. The van der Waals surface area contributed by atoms with Crippen molar-refractivity contribution in [2.45, 2.75) is 33.1 Å². The number of rotatable bonds is 3. The molecule has 10 heavy (non-hydrogen) atoms. The van der Waals surface area contributed by atoms with E-state index in [0.717, 1.165) is 6.54 Å². The molecule has 1 saturated carbocycles. The predicted molar refractivity (Wildman–Crippen MR) is 44.8 cm³/mol. The fourth-order valence-corrected chi connectivity index (χ4v) is 1.09. The molecule has 0 saturated heterocycles. The molecule has 0 radical (unpaired) electrons. The molecule has 0 atom stereocenters. The molecule has 1 nitrogen and oxygen atoms in total. The van der Waals surface area contributed by atoms with Crippen molar-refractivity contribution in [3.63, 3.8) is 0 Å². The summed E-state index contributed by atoms with van der Waals surface area (Å²) in [6.45, 7) is 5.16. The molecule has 0 aliphatic heterocycles. The van der Waals surface area contributed by atoms with Gasteiger partial charge in [0.1, 0.15) is 0 Å². The zero-order chi connectivity index (χ0) is 7.61. The van der Waals surface area contributed by atoms with Gasteiger partial charge in [0.15, 0.2) is 0 Å². The van der Waals surface area contributed by atoms with Crippen molar-refractivity contribution in [2.24, 2.45) is 11.1 Å². The highest BCUT2D eigenvalue weighted by Crippen LogP contribution is 2.48. The van der Waals surface area contributed by atoms with Crippen molar-refractivity contribution in [3.05, 3.63) is 11.6 Å². The van der Waals surface area contributed by atoms with Crippen molar-refractivity contribution >= 4 is 0 Å². The van der Waals surface area contributed by atoms with Crippen LogP contribution in [0, 0.1) is 5.41 Å². The summed E-state index contributed by atoms with van der Waals surface area (Å²) in [4.78, 5) is 0. The van der Waals surface area contributed by atoms with Crippen LogP contribution in [0.2, 0.25) is 0 Å². The van der Waals surface area contributed by atoms with Crippen LogP contribution in [0.15, 0.2) is 11.6 Å². The van der Waals surface area contributed by atoms with Gasteiger partial charge < -0.3 is 5.73 Å². The normalized spacial score (nSPS) is 20.3. The summed E-state index contributed by atoms with van der Waals surface area (Å²) < 4.78 is 0. The Bertz CT molecular complexity index is 139. The van der Waals surface area contributed by atoms with E-state index >= 15 is 0 Å². The third-order valence-corrected chi connectivity index (χ3v) is 2.33. The Kier molecular flexibility index (Phi) is 2.14. The maximum Gasteiger partial charge on any atom is -0.00176 e. The Morgan fingerprint density at radius 2 is 2.10 bits per heavy atom. The molecule has 2 N–H and O–H groups in total. The quantitative estimate of drug-likeness (QED) is 0.595. The van der Waals surface area contributed by atoms with Gasteiger partial charge >= 0.3 is 0 Å². The van der Waals surface area contributed by atoms with Gasteiger partial charge in [0.05, 0.1) is 0 Å². The largest absolute Gasteiger partial charge is 0.330 e. The second kappa shape index (κ2) is 2.75. The maximum absolute atomic E-state index is 5.63. The molecule has 1 fully saturated rings. The summed E-state index contributed by atoms with van der Waals surface area (Å²) in [5.41, 5.74) is 7.57. The van der Waals surface area contributed by atoms with E-state index in [0.29, 0.717) is 5.41 Å². The van der Waals surface area contributed by atoms with Gasteiger partial charge in [0, 0.05) is 0 Å². The Balaban J connectivity index is 2.32. The molecule has 0 spiro atoms. The molecule has 0 heterocycles. The van der Waals surface area contributed by atoms with Crippen molar-refractivity contribution < 1.29 is 0 Å². The van der Waals surface area contributed by atoms with E-state index in [2.05, 4.69) is 19.9 Å². The third-order valence-electron chi connectivity index (χ3n) is 2.33. The van der Waals surface area contributed by atoms with Gasteiger partial charge in [-0.15, -0.1) is 0 Å². The van der Waals surface area contributed by atoms with Gasteiger partial charge in [-0.2, -0.15) is 0 Å². The number of nitrogens with two attached hydrogens (primary N) is 1. The SMILES string of the molecule is CC(C)=CCC1(CN)CC1. The molecule has 0 aromatic heterocycles. The van der Waals surface area contributed by atoms with Gasteiger partial charge in [-0.3, -0.25) is 0 Å². The van der Waals surface area contributed by atoms with Gasteiger partial charge in [-0.05, 0) is 45.1 Å². The first-order valence-corrected chi connectivity index (χ1v) is 4.02. The molecule has 1 heteroatoms. The molecular weight excluding hydrogens is 122 g/mol. The van der Waals surface area contributed by atoms with E-state index in [9.17, 15) is 0 Å². The summed E-state index contributed by atoms with van der Waals surface area (Å²) in [6, 6.07) is 0. The zero-order valence-corrected chi connectivity index (χ0v) is 6.98. The number of allylic oxidation sites excluding steroid dienone is 2. The van der Waals surface area contributed by atoms with Gasteiger partial charge in [-0.1, -0.05) is 11.6 Å². The highest BCUT2D eigenvalue weighted by molar-refractivity contribution is 5.03. The van der Waals surface area contributed by atoms with E-state index in [1.165, 1.54) is 24.8 Å². The monoisotopic (exact) mass is 139 g/mol. The zero-order valence-electron chi connectivity index (χ0n) is 6.98. The van der Waals surface area contributed by atoms with Crippen molar-refractivity contribution in [1.82, 2.24) is 0 Å². The van der Waals surface area contributed by atoms with Crippen LogP contribution in [0.4, 0.5) is 0 Å². The average molecular weight is 139 g/mol. The van der Waals surface area contributed by atoms with Crippen LogP contribution in [0.25, 0.3) is 0 Å². The molecule has 0 aromatic carbocycles. The van der Waals surface area contributed by atoms with E-state index in [-0.39, 0.29) is 0 Å². The Hall–Kier alpha value is -0.300. The first-order valence-electron chi connectivity index (χ1n) is 4.02. The van der Waals surface area contributed by atoms with E-state index in [1.807, 2.05) is 0 Å². The Morgan fingerprint density at radius 3 is 2.40 bits per heavy atom. The van der Waals surface area contributed by atoms with E-state index in [1.54, 1.807) is 0 Å². The van der Waals surface area contributed by atoms with Gasteiger partial charge in [0.25, 0.3) is 0 Å². The van der Waals surface area contributed by atoms with Crippen LogP contribution in [-0.4, -0.2) is 6.54 Å². The van der Waals surface area contributed by atoms with E-state index in [4.69, 9.17) is 5.73 Å². The fourth-order valence-electron chi connectivity index (χ4n) is 1.09. The second-order valence-corrected chi connectivity index (χ2v) is 3.69. The summed E-state index contributed by atoms with van der Waals surface area (Å²) in [7, 11) is 0. The number of hydrogen-bond donors (Lipinski definition) is 1. The van der Waals surface area contributed by atoms with Crippen LogP contribution in [0.1, 0.15) is 33.1 Å². The predicted octanol–water partition coefficient (Wildman–Crippen LogP) is 2.08. The van der Waals surface area contributed by atoms with Crippen LogP contribution in [-0.2, 0) is 0 Å². The highest BCUT2D eigenvalue weighted by atomic mass is 14.6. The highest BCUT2D eigenvalue weighted by Gasteiger charge is 2.39. The third kappa shape index (κ3) is 1.84. The van der Waals surface area contributed by atoms with Crippen LogP contribution < -0.4 is 5.73 Å². The minimum absolute atomic E-state index is 0.525.